The molecule has 0 saturated heterocycles. The maximum Gasteiger partial charge on any atom is 0.0490 e. The summed E-state index contributed by atoms with van der Waals surface area (Å²) in [4.78, 5) is 4.14. The van der Waals surface area contributed by atoms with Gasteiger partial charge in [-0.25, -0.2) is 0 Å². The summed E-state index contributed by atoms with van der Waals surface area (Å²) in [6.07, 6.45) is 3.65. The fraction of sp³-hybridized carbons (Fsp3) is 0.154. The van der Waals surface area contributed by atoms with E-state index < -0.39 is 0 Å². The number of anilines is 1. The molecule has 0 unspecified atom stereocenters. The van der Waals surface area contributed by atoms with Crippen LogP contribution in [0, 0.1) is 6.92 Å². The van der Waals surface area contributed by atoms with Crippen molar-refractivity contribution in [1.29, 1.82) is 0 Å². The molecule has 17 heavy (non-hydrogen) atoms. The third-order valence-corrected chi connectivity index (χ3v) is 3.92. The molecule has 1 heterocycles. The van der Waals surface area contributed by atoms with Gasteiger partial charge in [-0.3, -0.25) is 4.98 Å². The normalized spacial score (nSPS) is 10.3. The van der Waals surface area contributed by atoms with Gasteiger partial charge >= 0.3 is 0 Å². The Hall–Kier alpha value is -0.870. The first-order valence-electron chi connectivity index (χ1n) is 5.25. The third-order valence-electron chi connectivity index (χ3n) is 2.44. The SMILES string of the molecule is Cc1cccc(NCc2cncc(Br)c2)c1Br. The van der Waals surface area contributed by atoms with E-state index in [1.165, 1.54) is 5.56 Å². The summed E-state index contributed by atoms with van der Waals surface area (Å²) in [7, 11) is 0. The summed E-state index contributed by atoms with van der Waals surface area (Å²) in [5.74, 6) is 0. The molecule has 1 N–H and O–H groups in total. The molecule has 0 spiro atoms. The first-order chi connectivity index (χ1) is 8.16. The summed E-state index contributed by atoms with van der Waals surface area (Å²) in [5.41, 5.74) is 3.47. The fourth-order valence-electron chi connectivity index (χ4n) is 1.53. The highest BCUT2D eigenvalue weighted by molar-refractivity contribution is 9.11. The predicted molar refractivity (Wildman–Crippen MR) is 78.1 cm³/mol. The molecular weight excluding hydrogens is 344 g/mol. The van der Waals surface area contributed by atoms with E-state index in [1.807, 2.05) is 12.3 Å². The summed E-state index contributed by atoms with van der Waals surface area (Å²) in [6, 6.07) is 8.24. The number of rotatable bonds is 3. The number of nitrogens with zero attached hydrogens (tertiary/aromatic N) is 1. The van der Waals surface area contributed by atoms with E-state index in [4.69, 9.17) is 0 Å². The second-order valence-electron chi connectivity index (χ2n) is 3.80. The van der Waals surface area contributed by atoms with Crippen molar-refractivity contribution in [1.82, 2.24) is 4.98 Å². The molecule has 2 rings (SSSR count). The second-order valence-corrected chi connectivity index (χ2v) is 5.51. The van der Waals surface area contributed by atoms with Crippen LogP contribution in [0.5, 0.6) is 0 Å². The van der Waals surface area contributed by atoms with Crippen LogP contribution in [0.3, 0.4) is 0 Å². The van der Waals surface area contributed by atoms with Gasteiger partial charge in [0.25, 0.3) is 0 Å². The highest BCUT2D eigenvalue weighted by Gasteiger charge is 2.02. The van der Waals surface area contributed by atoms with Crippen molar-refractivity contribution in [3.05, 3.63) is 56.7 Å². The van der Waals surface area contributed by atoms with Crippen LogP contribution in [0.25, 0.3) is 0 Å². The standard InChI is InChI=1S/C13H12Br2N2/c1-9-3-2-4-12(13(9)15)17-7-10-5-11(14)8-16-6-10/h2-6,8,17H,7H2,1H3. The molecule has 0 saturated carbocycles. The van der Waals surface area contributed by atoms with Gasteiger partial charge in [-0.2, -0.15) is 0 Å². The molecule has 0 aliphatic carbocycles. The maximum atomic E-state index is 4.14. The van der Waals surface area contributed by atoms with Gasteiger partial charge in [0.05, 0.1) is 0 Å². The number of halogens is 2. The topological polar surface area (TPSA) is 24.9 Å². The van der Waals surface area contributed by atoms with Crippen LogP contribution in [0.2, 0.25) is 0 Å². The molecule has 4 heteroatoms. The van der Waals surface area contributed by atoms with Crippen LogP contribution < -0.4 is 5.32 Å². The van der Waals surface area contributed by atoms with Gasteiger partial charge < -0.3 is 5.32 Å². The Morgan fingerprint density at radius 3 is 2.82 bits per heavy atom. The van der Waals surface area contributed by atoms with E-state index in [2.05, 4.69) is 67.3 Å². The Kier molecular flexibility index (Phi) is 4.18. The second kappa shape index (κ2) is 5.65. The quantitative estimate of drug-likeness (QED) is 0.875. The Bertz CT molecular complexity index is 527. The van der Waals surface area contributed by atoms with Crippen molar-refractivity contribution in [3.63, 3.8) is 0 Å². The van der Waals surface area contributed by atoms with Gasteiger partial charge in [0.15, 0.2) is 0 Å². The highest BCUT2D eigenvalue weighted by Crippen LogP contribution is 2.26. The summed E-state index contributed by atoms with van der Waals surface area (Å²) < 4.78 is 2.11. The molecule has 88 valence electrons. The number of nitrogens with one attached hydrogen (secondary N) is 1. The van der Waals surface area contributed by atoms with Gasteiger partial charge in [0.1, 0.15) is 0 Å². The molecular formula is C13H12Br2N2. The average Bonchev–Trinajstić information content (AvgIpc) is 2.31. The van der Waals surface area contributed by atoms with Crippen molar-refractivity contribution >= 4 is 37.5 Å². The lowest BCUT2D eigenvalue weighted by atomic mass is 10.2. The lowest BCUT2D eigenvalue weighted by Gasteiger charge is -2.10. The molecule has 2 nitrogen and oxygen atoms in total. The Balaban J connectivity index is 2.10. The van der Waals surface area contributed by atoms with Crippen molar-refractivity contribution < 1.29 is 0 Å². The Labute approximate surface area is 118 Å². The molecule has 0 atom stereocenters. The number of benzene rings is 1. The first kappa shape index (κ1) is 12.6. The van der Waals surface area contributed by atoms with Crippen LogP contribution in [-0.2, 0) is 6.54 Å². The fourth-order valence-corrected chi connectivity index (χ4v) is 2.35. The van der Waals surface area contributed by atoms with Crippen LogP contribution in [-0.4, -0.2) is 4.98 Å². The first-order valence-corrected chi connectivity index (χ1v) is 6.84. The minimum Gasteiger partial charge on any atom is -0.380 e. The van der Waals surface area contributed by atoms with E-state index in [9.17, 15) is 0 Å². The lowest BCUT2D eigenvalue weighted by Crippen LogP contribution is -2.01. The number of aromatic nitrogens is 1. The van der Waals surface area contributed by atoms with Crippen LogP contribution in [0.15, 0.2) is 45.6 Å². The van der Waals surface area contributed by atoms with Crippen molar-refractivity contribution in [2.45, 2.75) is 13.5 Å². The minimum atomic E-state index is 0.758. The molecule has 0 fully saturated rings. The third kappa shape index (κ3) is 3.30. The van der Waals surface area contributed by atoms with E-state index in [0.717, 1.165) is 26.7 Å². The number of hydrogen-bond donors (Lipinski definition) is 1. The zero-order valence-electron chi connectivity index (χ0n) is 9.37. The van der Waals surface area contributed by atoms with E-state index in [1.54, 1.807) is 6.20 Å². The van der Waals surface area contributed by atoms with Crippen molar-refractivity contribution in [2.75, 3.05) is 5.32 Å². The van der Waals surface area contributed by atoms with Gasteiger partial charge in [-0.05, 0) is 62.0 Å². The molecule has 1 aromatic carbocycles. The van der Waals surface area contributed by atoms with E-state index >= 15 is 0 Å². The van der Waals surface area contributed by atoms with Crippen LogP contribution in [0.1, 0.15) is 11.1 Å². The van der Waals surface area contributed by atoms with E-state index in [-0.39, 0.29) is 0 Å². The Morgan fingerprint density at radius 2 is 2.06 bits per heavy atom. The summed E-state index contributed by atoms with van der Waals surface area (Å²) in [6.45, 7) is 2.84. The molecule has 2 aromatic rings. The van der Waals surface area contributed by atoms with Crippen molar-refractivity contribution in [3.8, 4) is 0 Å². The van der Waals surface area contributed by atoms with Gasteiger partial charge in [0.2, 0.25) is 0 Å². The van der Waals surface area contributed by atoms with Crippen LogP contribution in [0.4, 0.5) is 5.69 Å². The largest absolute Gasteiger partial charge is 0.380 e. The van der Waals surface area contributed by atoms with Gasteiger partial charge in [-0.1, -0.05) is 12.1 Å². The minimum absolute atomic E-state index is 0.758. The predicted octanol–water partition coefficient (Wildman–Crippen LogP) is 4.53. The number of hydrogen-bond acceptors (Lipinski definition) is 2. The monoisotopic (exact) mass is 354 g/mol. The molecule has 0 amide bonds. The highest BCUT2D eigenvalue weighted by atomic mass is 79.9. The van der Waals surface area contributed by atoms with Crippen molar-refractivity contribution in [2.24, 2.45) is 0 Å². The molecule has 0 aliphatic heterocycles. The van der Waals surface area contributed by atoms with E-state index in [0.29, 0.717) is 0 Å². The number of pyridine rings is 1. The zero-order valence-corrected chi connectivity index (χ0v) is 12.5. The lowest BCUT2D eigenvalue weighted by molar-refractivity contribution is 1.10. The van der Waals surface area contributed by atoms with Gasteiger partial charge in [0, 0.05) is 33.6 Å². The Morgan fingerprint density at radius 1 is 1.24 bits per heavy atom. The summed E-state index contributed by atoms with van der Waals surface area (Å²) in [5, 5.41) is 3.39. The summed E-state index contributed by atoms with van der Waals surface area (Å²) >= 11 is 7.00. The smallest absolute Gasteiger partial charge is 0.0490 e. The zero-order chi connectivity index (χ0) is 12.3. The van der Waals surface area contributed by atoms with Crippen LogP contribution >= 0.6 is 31.9 Å². The molecule has 0 aliphatic rings. The average molecular weight is 356 g/mol. The number of aryl methyl sites for hydroxylation is 1. The molecule has 0 bridgehead atoms. The molecule has 0 radical (unpaired) electrons. The maximum absolute atomic E-state index is 4.14. The van der Waals surface area contributed by atoms with Gasteiger partial charge in [-0.15, -0.1) is 0 Å². The molecule has 1 aromatic heterocycles.